The van der Waals surface area contributed by atoms with Crippen LogP contribution in [-0.2, 0) is 0 Å². The highest BCUT2D eigenvalue weighted by atomic mass is 14.5. The molecule has 0 saturated heterocycles. The molecule has 0 atom stereocenters. The molecule has 0 heterocycles. The maximum Gasteiger partial charge on any atom is 0.00489 e. The maximum absolute atomic E-state index is 5.54. The van der Waals surface area contributed by atoms with Crippen LogP contribution in [-0.4, -0.2) is 0 Å². The average Bonchev–Trinajstić information content (AvgIpc) is 2.15. The zero-order valence-corrected chi connectivity index (χ0v) is 8.12. The Bertz CT molecular complexity index is 316. The molecule has 1 aromatic rings. The van der Waals surface area contributed by atoms with E-state index in [1.54, 1.807) is 0 Å². The maximum atomic E-state index is 5.54. The molecule has 0 amide bonds. The van der Waals surface area contributed by atoms with Crippen molar-refractivity contribution in [3.05, 3.63) is 53.7 Å². The Morgan fingerprint density at radius 2 is 1.69 bits per heavy atom. The molecule has 0 radical (unpaired) electrons. The van der Waals surface area contributed by atoms with Gasteiger partial charge in [-0.1, -0.05) is 36.4 Å². The predicted octanol–water partition coefficient (Wildman–Crippen LogP) is 2.95. The van der Waals surface area contributed by atoms with E-state index in [2.05, 4.69) is 19.1 Å². The highest BCUT2D eigenvalue weighted by molar-refractivity contribution is 5.65. The first-order valence-electron chi connectivity index (χ1n) is 4.36. The van der Waals surface area contributed by atoms with Crippen LogP contribution in [0.3, 0.4) is 0 Å². The number of hydrogen-bond acceptors (Lipinski definition) is 1. The van der Waals surface area contributed by atoms with Crippen molar-refractivity contribution in [3.63, 3.8) is 0 Å². The third-order valence-corrected chi connectivity index (χ3v) is 1.83. The summed E-state index contributed by atoms with van der Waals surface area (Å²) in [5.74, 6) is 0. The molecule has 1 aromatic carbocycles. The second-order valence-corrected chi connectivity index (χ2v) is 3.13. The normalized spacial score (nSPS) is 13.1. The Balaban J connectivity index is 2.86. The fourth-order valence-corrected chi connectivity index (χ4v) is 1.05. The van der Waals surface area contributed by atoms with Gasteiger partial charge >= 0.3 is 0 Å². The van der Waals surface area contributed by atoms with Crippen LogP contribution >= 0.6 is 0 Å². The van der Waals surface area contributed by atoms with E-state index in [-0.39, 0.29) is 0 Å². The van der Waals surface area contributed by atoms with Gasteiger partial charge in [-0.2, -0.15) is 0 Å². The highest BCUT2D eigenvalue weighted by Gasteiger charge is 1.90. The summed E-state index contributed by atoms with van der Waals surface area (Å²) in [6, 6.07) is 10.3. The summed E-state index contributed by atoms with van der Waals surface area (Å²) in [5.41, 5.74) is 8.83. The van der Waals surface area contributed by atoms with Gasteiger partial charge in [-0.25, -0.2) is 0 Å². The summed E-state index contributed by atoms with van der Waals surface area (Å²) >= 11 is 0. The Hall–Kier alpha value is -1.50. The van der Waals surface area contributed by atoms with Crippen molar-refractivity contribution < 1.29 is 0 Å². The van der Waals surface area contributed by atoms with Crippen molar-refractivity contribution >= 4 is 5.57 Å². The van der Waals surface area contributed by atoms with Gasteiger partial charge in [-0.15, -0.1) is 0 Å². The lowest BCUT2D eigenvalue weighted by atomic mass is 10.1. The molecule has 0 aliphatic carbocycles. The third kappa shape index (κ3) is 3.16. The van der Waals surface area contributed by atoms with Crippen molar-refractivity contribution in [2.45, 2.75) is 13.8 Å². The lowest BCUT2D eigenvalue weighted by Gasteiger charge is -1.98. The van der Waals surface area contributed by atoms with Gasteiger partial charge < -0.3 is 5.73 Å². The van der Waals surface area contributed by atoms with E-state index < -0.39 is 0 Å². The van der Waals surface area contributed by atoms with Crippen molar-refractivity contribution in [3.8, 4) is 0 Å². The predicted molar refractivity (Wildman–Crippen MR) is 58.0 cm³/mol. The fourth-order valence-electron chi connectivity index (χ4n) is 1.05. The highest BCUT2D eigenvalue weighted by Crippen LogP contribution is 2.12. The van der Waals surface area contributed by atoms with Gasteiger partial charge in [-0.05, 0) is 31.1 Å². The molecule has 0 fully saturated rings. The van der Waals surface area contributed by atoms with Crippen LogP contribution in [0.5, 0.6) is 0 Å². The SMILES string of the molecule is C/C(N)=C\C=C(/C)c1ccccc1. The number of benzene rings is 1. The summed E-state index contributed by atoms with van der Waals surface area (Å²) in [7, 11) is 0. The van der Waals surface area contributed by atoms with Crippen molar-refractivity contribution in [2.75, 3.05) is 0 Å². The third-order valence-electron chi connectivity index (χ3n) is 1.83. The van der Waals surface area contributed by atoms with Gasteiger partial charge in [0.05, 0.1) is 0 Å². The molecule has 1 heteroatoms. The number of nitrogens with two attached hydrogens (primary N) is 1. The summed E-state index contributed by atoms with van der Waals surface area (Å²) in [5, 5.41) is 0. The molecule has 13 heavy (non-hydrogen) atoms. The first-order valence-corrected chi connectivity index (χ1v) is 4.36. The second kappa shape index (κ2) is 4.51. The fraction of sp³-hybridized carbons (Fsp3) is 0.167. The molecule has 1 rings (SSSR count). The standard InChI is InChI=1S/C12H15N/c1-10(8-9-11(2)13)12-6-4-3-5-7-12/h3-9H,13H2,1-2H3/b10-8+,11-9+. The second-order valence-electron chi connectivity index (χ2n) is 3.13. The van der Waals surface area contributed by atoms with Crippen molar-refractivity contribution in [1.29, 1.82) is 0 Å². The van der Waals surface area contributed by atoms with E-state index in [1.807, 2.05) is 37.3 Å². The van der Waals surface area contributed by atoms with Gasteiger partial charge in [0.15, 0.2) is 0 Å². The molecule has 0 saturated carbocycles. The van der Waals surface area contributed by atoms with Crippen molar-refractivity contribution in [1.82, 2.24) is 0 Å². The minimum Gasteiger partial charge on any atom is -0.402 e. The molecule has 1 nitrogen and oxygen atoms in total. The van der Waals surface area contributed by atoms with E-state index in [1.165, 1.54) is 11.1 Å². The molecule has 68 valence electrons. The molecular formula is C12H15N. The average molecular weight is 173 g/mol. The number of rotatable bonds is 2. The van der Waals surface area contributed by atoms with Crippen LogP contribution in [0, 0.1) is 0 Å². The van der Waals surface area contributed by atoms with Crippen LogP contribution in [0.4, 0.5) is 0 Å². The Labute approximate surface area is 79.6 Å². The van der Waals surface area contributed by atoms with E-state index in [4.69, 9.17) is 5.73 Å². The van der Waals surface area contributed by atoms with Gasteiger partial charge in [-0.3, -0.25) is 0 Å². The van der Waals surface area contributed by atoms with Crippen LogP contribution in [0.25, 0.3) is 5.57 Å². The van der Waals surface area contributed by atoms with Crippen LogP contribution in [0.2, 0.25) is 0 Å². The summed E-state index contributed by atoms with van der Waals surface area (Å²) in [4.78, 5) is 0. The molecule has 0 bridgehead atoms. The molecular weight excluding hydrogens is 158 g/mol. The lowest BCUT2D eigenvalue weighted by Crippen LogP contribution is -1.88. The van der Waals surface area contributed by atoms with Gasteiger partial charge in [0.25, 0.3) is 0 Å². The molecule has 0 aliphatic rings. The van der Waals surface area contributed by atoms with Crippen LogP contribution in [0.1, 0.15) is 19.4 Å². The number of allylic oxidation sites excluding steroid dienone is 4. The molecule has 2 N–H and O–H groups in total. The summed E-state index contributed by atoms with van der Waals surface area (Å²) in [6.07, 6.45) is 3.95. The molecule has 0 aliphatic heterocycles. The van der Waals surface area contributed by atoms with E-state index in [9.17, 15) is 0 Å². The van der Waals surface area contributed by atoms with Crippen molar-refractivity contribution in [2.24, 2.45) is 5.73 Å². The van der Waals surface area contributed by atoms with E-state index in [0.717, 1.165) is 5.70 Å². The minimum absolute atomic E-state index is 0.829. The van der Waals surface area contributed by atoms with Gasteiger partial charge in [0, 0.05) is 5.70 Å². The zero-order chi connectivity index (χ0) is 9.68. The van der Waals surface area contributed by atoms with Gasteiger partial charge in [0.1, 0.15) is 0 Å². The topological polar surface area (TPSA) is 26.0 Å². The molecule has 0 spiro atoms. The first kappa shape index (κ1) is 9.59. The van der Waals surface area contributed by atoms with E-state index >= 15 is 0 Å². The number of hydrogen-bond donors (Lipinski definition) is 1. The lowest BCUT2D eigenvalue weighted by molar-refractivity contribution is 1.32. The van der Waals surface area contributed by atoms with Gasteiger partial charge in [0.2, 0.25) is 0 Å². The van der Waals surface area contributed by atoms with Crippen LogP contribution < -0.4 is 5.73 Å². The molecule has 0 aromatic heterocycles. The quantitative estimate of drug-likeness (QED) is 0.684. The Morgan fingerprint density at radius 1 is 1.08 bits per heavy atom. The largest absolute Gasteiger partial charge is 0.402 e. The van der Waals surface area contributed by atoms with E-state index in [0.29, 0.717) is 0 Å². The Kier molecular flexibility index (Phi) is 3.32. The Morgan fingerprint density at radius 3 is 2.23 bits per heavy atom. The zero-order valence-electron chi connectivity index (χ0n) is 8.12. The van der Waals surface area contributed by atoms with Crippen LogP contribution in [0.15, 0.2) is 48.2 Å². The smallest absolute Gasteiger partial charge is 0.00489 e. The monoisotopic (exact) mass is 173 g/mol. The minimum atomic E-state index is 0.829. The molecule has 0 unspecified atom stereocenters. The summed E-state index contributed by atoms with van der Waals surface area (Å²) < 4.78 is 0. The summed E-state index contributed by atoms with van der Waals surface area (Å²) in [6.45, 7) is 3.96. The first-order chi connectivity index (χ1) is 6.20.